The predicted octanol–water partition coefficient (Wildman–Crippen LogP) is 3.27. The van der Waals surface area contributed by atoms with E-state index in [1.54, 1.807) is 14.2 Å². The number of hydrogen-bond donors (Lipinski definition) is 2. The first-order valence-electron chi connectivity index (χ1n) is 8.83. The van der Waals surface area contributed by atoms with Gasteiger partial charge in [-0.15, -0.1) is 0 Å². The molecule has 5 nitrogen and oxygen atoms in total. The van der Waals surface area contributed by atoms with E-state index in [2.05, 4.69) is 5.32 Å². The summed E-state index contributed by atoms with van der Waals surface area (Å²) in [5, 5.41) is 12.2. The van der Waals surface area contributed by atoms with Gasteiger partial charge < -0.3 is 19.9 Å². The number of hydrogen-bond acceptors (Lipinski definition) is 4. The molecule has 140 valence electrons. The van der Waals surface area contributed by atoms with E-state index in [0.29, 0.717) is 37.2 Å². The van der Waals surface area contributed by atoms with Crippen molar-refractivity contribution in [2.75, 3.05) is 20.8 Å². The second kappa shape index (κ2) is 10.5. The van der Waals surface area contributed by atoms with E-state index in [1.807, 2.05) is 48.5 Å². The van der Waals surface area contributed by atoms with Crippen LogP contribution in [0.1, 0.15) is 36.4 Å². The van der Waals surface area contributed by atoms with Crippen LogP contribution in [0.25, 0.3) is 0 Å². The molecular formula is C21H27NO4. The average molecular weight is 357 g/mol. The Kier molecular flexibility index (Phi) is 7.96. The number of ether oxygens (including phenoxy) is 2. The third-order valence-electron chi connectivity index (χ3n) is 4.24. The van der Waals surface area contributed by atoms with Crippen molar-refractivity contribution < 1.29 is 19.4 Å². The van der Waals surface area contributed by atoms with Crippen molar-refractivity contribution in [3.8, 4) is 11.5 Å². The number of aliphatic hydroxyl groups excluding tert-OH is 1. The van der Waals surface area contributed by atoms with E-state index in [1.165, 1.54) is 0 Å². The van der Waals surface area contributed by atoms with Gasteiger partial charge in [-0.25, -0.2) is 0 Å². The molecule has 0 bridgehead atoms. The summed E-state index contributed by atoms with van der Waals surface area (Å²) < 4.78 is 10.5. The Labute approximate surface area is 155 Å². The zero-order valence-electron chi connectivity index (χ0n) is 15.4. The van der Waals surface area contributed by atoms with Crippen molar-refractivity contribution in [3.05, 3.63) is 59.7 Å². The number of aliphatic hydroxyl groups is 1. The SMILES string of the molecule is COc1cc(CCC(=O)N[C@@H](CCCO)c2ccccc2)cc(OC)c1. The minimum absolute atomic E-state index is 0.0152. The van der Waals surface area contributed by atoms with E-state index >= 15 is 0 Å². The molecule has 0 unspecified atom stereocenters. The highest BCUT2D eigenvalue weighted by atomic mass is 16.5. The number of nitrogens with one attached hydrogen (secondary N) is 1. The van der Waals surface area contributed by atoms with E-state index < -0.39 is 0 Å². The number of methoxy groups -OCH3 is 2. The Morgan fingerprint density at radius 2 is 1.73 bits per heavy atom. The average Bonchev–Trinajstić information content (AvgIpc) is 2.69. The monoisotopic (exact) mass is 357 g/mol. The topological polar surface area (TPSA) is 67.8 Å². The maximum absolute atomic E-state index is 12.4. The van der Waals surface area contributed by atoms with Gasteiger partial charge in [-0.05, 0) is 42.5 Å². The van der Waals surface area contributed by atoms with Gasteiger partial charge in [0.2, 0.25) is 5.91 Å². The third-order valence-corrected chi connectivity index (χ3v) is 4.24. The summed E-state index contributed by atoms with van der Waals surface area (Å²) in [5.41, 5.74) is 2.04. The Morgan fingerprint density at radius 3 is 2.31 bits per heavy atom. The molecule has 0 saturated heterocycles. The van der Waals surface area contributed by atoms with Gasteiger partial charge in [0.15, 0.2) is 0 Å². The first-order valence-corrected chi connectivity index (χ1v) is 8.83. The molecule has 5 heteroatoms. The smallest absolute Gasteiger partial charge is 0.220 e. The van der Waals surface area contributed by atoms with Crippen LogP contribution in [-0.4, -0.2) is 31.8 Å². The fraction of sp³-hybridized carbons (Fsp3) is 0.381. The lowest BCUT2D eigenvalue weighted by Gasteiger charge is -2.19. The molecule has 2 rings (SSSR count). The first kappa shape index (κ1) is 19.8. The van der Waals surface area contributed by atoms with Crippen molar-refractivity contribution in [1.29, 1.82) is 0 Å². The second-order valence-corrected chi connectivity index (χ2v) is 6.12. The zero-order chi connectivity index (χ0) is 18.8. The summed E-state index contributed by atoms with van der Waals surface area (Å²) >= 11 is 0. The maximum Gasteiger partial charge on any atom is 0.220 e. The molecule has 26 heavy (non-hydrogen) atoms. The maximum atomic E-state index is 12.4. The molecule has 0 aliphatic carbocycles. The van der Waals surface area contributed by atoms with Crippen LogP contribution in [0.3, 0.4) is 0 Å². The van der Waals surface area contributed by atoms with Crippen molar-refractivity contribution in [3.63, 3.8) is 0 Å². The van der Waals surface area contributed by atoms with E-state index in [9.17, 15) is 4.79 Å². The van der Waals surface area contributed by atoms with Crippen LogP contribution < -0.4 is 14.8 Å². The summed E-state index contributed by atoms with van der Waals surface area (Å²) in [6, 6.07) is 15.4. The number of rotatable bonds is 10. The van der Waals surface area contributed by atoms with Gasteiger partial charge in [-0.1, -0.05) is 30.3 Å². The molecule has 0 heterocycles. The van der Waals surface area contributed by atoms with Crippen molar-refractivity contribution in [1.82, 2.24) is 5.32 Å². The van der Waals surface area contributed by atoms with Gasteiger partial charge in [0.1, 0.15) is 11.5 Å². The molecule has 0 aromatic heterocycles. The highest BCUT2D eigenvalue weighted by molar-refractivity contribution is 5.76. The van der Waals surface area contributed by atoms with E-state index in [-0.39, 0.29) is 18.6 Å². The number of carbonyl (C=O) groups excluding carboxylic acids is 1. The summed E-state index contributed by atoms with van der Waals surface area (Å²) in [6.07, 6.45) is 2.33. The Hall–Kier alpha value is -2.53. The summed E-state index contributed by atoms with van der Waals surface area (Å²) in [6.45, 7) is 0.114. The Morgan fingerprint density at radius 1 is 1.08 bits per heavy atom. The molecule has 0 fully saturated rings. The Balaban J connectivity index is 1.97. The quantitative estimate of drug-likeness (QED) is 0.685. The molecule has 0 spiro atoms. The summed E-state index contributed by atoms with van der Waals surface area (Å²) in [4.78, 5) is 12.4. The molecule has 2 N–H and O–H groups in total. The van der Waals surface area contributed by atoms with Crippen molar-refractivity contribution in [2.45, 2.75) is 31.7 Å². The van der Waals surface area contributed by atoms with Gasteiger partial charge in [-0.3, -0.25) is 4.79 Å². The highest BCUT2D eigenvalue weighted by Crippen LogP contribution is 2.23. The molecule has 2 aromatic carbocycles. The van der Waals surface area contributed by atoms with E-state index in [4.69, 9.17) is 14.6 Å². The van der Waals surface area contributed by atoms with Crippen LogP contribution >= 0.6 is 0 Å². The van der Waals surface area contributed by atoms with Crippen LogP contribution in [0, 0.1) is 0 Å². The second-order valence-electron chi connectivity index (χ2n) is 6.12. The van der Waals surface area contributed by atoms with Crippen LogP contribution in [-0.2, 0) is 11.2 Å². The molecular weight excluding hydrogens is 330 g/mol. The third kappa shape index (κ3) is 6.08. The molecule has 0 aliphatic heterocycles. The standard InChI is InChI=1S/C21H27NO4/c1-25-18-13-16(14-19(15-18)26-2)10-11-21(24)22-20(9-6-12-23)17-7-4-3-5-8-17/h3-5,7-8,13-15,20,23H,6,9-12H2,1-2H3,(H,22,24)/t20-/m0/s1. The number of amides is 1. The van der Waals surface area contributed by atoms with Gasteiger partial charge in [-0.2, -0.15) is 0 Å². The van der Waals surface area contributed by atoms with Crippen LogP contribution in [0.4, 0.5) is 0 Å². The van der Waals surface area contributed by atoms with Gasteiger partial charge in [0.05, 0.1) is 20.3 Å². The first-order chi connectivity index (χ1) is 12.7. The minimum Gasteiger partial charge on any atom is -0.497 e. The lowest BCUT2D eigenvalue weighted by atomic mass is 10.0. The van der Waals surface area contributed by atoms with Gasteiger partial charge in [0, 0.05) is 19.1 Å². The molecule has 0 aliphatic rings. The fourth-order valence-electron chi connectivity index (χ4n) is 2.84. The van der Waals surface area contributed by atoms with Crippen molar-refractivity contribution >= 4 is 5.91 Å². The number of carbonyl (C=O) groups is 1. The number of aryl methyl sites for hydroxylation is 1. The largest absolute Gasteiger partial charge is 0.497 e. The molecule has 1 atom stereocenters. The normalized spacial score (nSPS) is 11.7. The molecule has 2 aromatic rings. The summed E-state index contributed by atoms with van der Waals surface area (Å²) in [5.74, 6) is 1.41. The van der Waals surface area contributed by atoms with E-state index in [0.717, 1.165) is 11.1 Å². The number of benzene rings is 2. The van der Waals surface area contributed by atoms with Crippen LogP contribution in [0.2, 0.25) is 0 Å². The predicted molar refractivity (Wildman–Crippen MR) is 102 cm³/mol. The zero-order valence-corrected chi connectivity index (χ0v) is 15.4. The lowest BCUT2D eigenvalue weighted by Crippen LogP contribution is -2.29. The van der Waals surface area contributed by atoms with Crippen molar-refractivity contribution in [2.24, 2.45) is 0 Å². The minimum atomic E-state index is -0.0873. The van der Waals surface area contributed by atoms with Crippen LogP contribution in [0.5, 0.6) is 11.5 Å². The lowest BCUT2D eigenvalue weighted by molar-refractivity contribution is -0.121. The van der Waals surface area contributed by atoms with Gasteiger partial charge >= 0.3 is 0 Å². The van der Waals surface area contributed by atoms with Gasteiger partial charge in [0.25, 0.3) is 0 Å². The molecule has 0 saturated carbocycles. The summed E-state index contributed by atoms with van der Waals surface area (Å²) in [7, 11) is 3.22. The highest BCUT2D eigenvalue weighted by Gasteiger charge is 2.14. The Bertz CT molecular complexity index is 665. The molecule has 1 amide bonds. The molecule has 0 radical (unpaired) electrons. The van der Waals surface area contributed by atoms with Crippen LogP contribution in [0.15, 0.2) is 48.5 Å². The fourth-order valence-corrected chi connectivity index (χ4v) is 2.84.